The number of aromatic nitrogens is 1. The van der Waals surface area contributed by atoms with Crippen LogP contribution in [-0.2, 0) is 20.8 Å². The SMILES string of the molecule is O=C(Cn1cc(C(=O)c2ccc(Cl)cc2)c(=O)c2cc3c(cc21)OCO3)NC1=COC=C(C2=CC=CCC2)O1. The lowest BCUT2D eigenvalue weighted by Gasteiger charge is -2.20. The minimum Gasteiger partial charge on any atom is -0.463 e. The molecule has 6 rings (SSSR count). The lowest BCUT2D eigenvalue weighted by Crippen LogP contribution is -2.30. The fourth-order valence-corrected chi connectivity index (χ4v) is 4.62. The van der Waals surface area contributed by atoms with Crippen molar-refractivity contribution in [1.82, 2.24) is 9.88 Å². The average Bonchev–Trinajstić information content (AvgIpc) is 3.42. The van der Waals surface area contributed by atoms with Gasteiger partial charge >= 0.3 is 0 Å². The van der Waals surface area contributed by atoms with Crippen LogP contribution in [0.3, 0.4) is 0 Å². The summed E-state index contributed by atoms with van der Waals surface area (Å²) in [5.41, 5.74) is 1.05. The van der Waals surface area contributed by atoms with Crippen molar-refractivity contribution in [2.24, 2.45) is 0 Å². The van der Waals surface area contributed by atoms with Gasteiger partial charge in [0.15, 0.2) is 29.3 Å². The van der Waals surface area contributed by atoms with Crippen LogP contribution < -0.4 is 20.2 Å². The highest BCUT2D eigenvalue weighted by Crippen LogP contribution is 2.35. The van der Waals surface area contributed by atoms with Gasteiger partial charge < -0.3 is 23.5 Å². The Morgan fingerprint density at radius 1 is 1.05 bits per heavy atom. The molecule has 1 N–H and O–H groups in total. The summed E-state index contributed by atoms with van der Waals surface area (Å²) >= 11 is 5.96. The second-order valence-electron chi connectivity index (χ2n) is 8.97. The molecule has 0 unspecified atom stereocenters. The van der Waals surface area contributed by atoms with E-state index in [2.05, 4.69) is 11.4 Å². The van der Waals surface area contributed by atoms with Gasteiger partial charge in [-0.05, 0) is 48.7 Å². The van der Waals surface area contributed by atoms with Crippen LogP contribution in [0.2, 0.25) is 5.02 Å². The summed E-state index contributed by atoms with van der Waals surface area (Å²) in [6, 6.07) is 9.37. The first-order chi connectivity index (χ1) is 19.0. The third-order valence-corrected chi connectivity index (χ3v) is 6.65. The Hall–Kier alpha value is -4.76. The minimum atomic E-state index is -0.498. The number of carbonyl (C=O) groups is 2. The van der Waals surface area contributed by atoms with Crippen LogP contribution in [-0.4, -0.2) is 23.1 Å². The monoisotopic (exact) mass is 544 g/mol. The maximum atomic E-state index is 13.4. The van der Waals surface area contributed by atoms with Crippen LogP contribution in [0, 0.1) is 0 Å². The van der Waals surface area contributed by atoms with Gasteiger partial charge in [0.25, 0.3) is 0 Å². The fourth-order valence-electron chi connectivity index (χ4n) is 4.49. The van der Waals surface area contributed by atoms with E-state index in [0.717, 1.165) is 18.4 Å². The summed E-state index contributed by atoms with van der Waals surface area (Å²) in [7, 11) is 0. The van der Waals surface area contributed by atoms with E-state index in [-0.39, 0.29) is 35.7 Å². The number of halogens is 1. The Labute approximate surface area is 227 Å². The third kappa shape index (κ3) is 4.92. The normalized spacial score (nSPS) is 15.6. The van der Waals surface area contributed by atoms with Gasteiger partial charge in [-0.25, -0.2) is 0 Å². The van der Waals surface area contributed by atoms with E-state index in [4.69, 9.17) is 30.5 Å². The van der Waals surface area contributed by atoms with Crippen LogP contribution in [0.25, 0.3) is 10.9 Å². The molecule has 0 saturated heterocycles. The molecule has 10 heteroatoms. The first-order valence-electron chi connectivity index (χ1n) is 12.1. The van der Waals surface area contributed by atoms with Gasteiger partial charge in [-0.15, -0.1) is 0 Å². The Bertz CT molecular complexity index is 1700. The van der Waals surface area contributed by atoms with E-state index < -0.39 is 17.1 Å². The summed E-state index contributed by atoms with van der Waals surface area (Å²) in [4.78, 5) is 39.9. The Morgan fingerprint density at radius 2 is 1.85 bits per heavy atom. The summed E-state index contributed by atoms with van der Waals surface area (Å²) in [5, 5.41) is 3.37. The highest BCUT2D eigenvalue weighted by atomic mass is 35.5. The van der Waals surface area contributed by atoms with Crippen molar-refractivity contribution in [3.63, 3.8) is 0 Å². The molecule has 0 radical (unpaired) electrons. The molecule has 0 fully saturated rings. The Kier molecular flexibility index (Phi) is 6.42. The number of amides is 1. The van der Waals surface area contributed by atoms with E-state index >= 15 is 0 Å². The van der Waals surface area contributed by atoms with Gasteiger partial charge in [-0.3, -0.25) is 19.7 Å². The maximum Gasteiger partial charge on any atom is 0.246 e. The van der Waals surface area contributed by atoms with Crippen LogP contribution in [0.15, 0.2) is 95.4 Å². The lowest BCUT2D eigenvalue weighted by molar-refractivity contribution is -0.121. The molecule has 9 nitrogen and oxygen atoms in total. The van der Waals surface area contributed by atoms with Crippen LogP contribution >= 0.6 is 11.6 Å². The predicted octanol–water partition coefficient (Wildman–Crippen LogP) is 4.69. The number of pyridine rings is 1. The highest BCUT2D eigenvalue weighted by Gasteiger charge is 2.23. The number of allylic oxidation sites excluding steroid dienone is 4. The quantitative estimate of drug-likeness (QED) is 0.449. The molecule has 39 heavy (non-hydrogen) atoms. The minimum absolute atomic E-state index is 0.00443. The molecule has 2 aliphatic heterocycles. The molecule has 1 amide bonds. The molecule has 3 aliphatic rings. The number of carbonyl (C=O) groups excluding carboxylic acids is 2. The molecule has 0 atom stereocenters. The van der Waals surface area contributed by atoms with E-state index in [0.29, 0.717) is 27.8 Å². The smallest absolute Gasteiger partial charge is 0.246 e. The fraction of sp³-hybridized carbons (Fsp3) is 0.138. The second kappa shape index (κ2) is 10.2. The average molecular weight is 545 g/mol. The van der Waals surface area contributed by atoms with Gasteiger partial charge in [0, 0.05) is 22.8 Å². The first-order valence-corrected chi connectivity index (χ1v) is 12.5. The number of hydrogen-bond acceptors (Lipinski definition) is 7. The molecule has 1 aromatic heterocycles. The van der Waals surface area contributed by atoms with E-state index in [1.54, 1.807) is 30.3 Å². The third-order valence-electron chi connectivity index (χ3n) is 6.40. The van der Waals surface area contributed by atoms with Gasteiger partial charge in [0.1, 0.15) is 12.8 Å². The molecule has 3 aromatic rings. The zero-order valence-corrected chi connectivity index (χ0v) is 21.2. The number of rotatable bonds is 6. The summed E-state index contributed by atoms with van der Waals surface area (Å²) < 4.78 is 23.7. The van der Waals surface area contributed by atoms with Crippen molar-refractivity contribution in [2.75, 3.05) is 6.79 Å². The number of fused-ring (bicyclic) bond motifs is 2. The molecule has 196 valence electrons. The molecule has 0 saturated carbocycles. The van der Waals surface area contributed by atoms with Crippen LogP contribution in [0.1, 0.15) is 28.8 Å². The number of hydrogen-bond donors (Lipinski definition) is 1. The largest absolute Gasteiger partial charge is 0.463 e. The van der Waals surface area contributed by atoms with E-state index in [9.17, 15) is 14.4 Å². The summed E-state index contributed by atoms with van der Waals surface area (Å²) in [5.74, 6) is 0.487. The Balaban J connectivity index is 1.31. The van der Waals surface area contributed by atoms with E-state index in [1.165, 1.54) is 29.4 Å². The summed E-state index contributed by atoms with van der Waals surface area (Å²) in [6.07, 6.45) is 11.7. The molecule has 1 aliphatic carbocycles. The molecular weight excluding hydrogens is 524 g/mol. The van der Waals surface area contributed by atoms with Gasteiger partial charge in [0.05, 0.1) is 16.5 Å². The zero-order valence-electron chi connectivity index (χ0n) is 20.4. The number of nitrogens with zero attached hydrogens (tertiary/aromatic N) is 1. The number of nitrogens with one attached hydrogen (secondary N) is 1. The van der Waals surface area contributed by atoms with Gasteiger partial charge in [0.2, 0.25) is 24.0 Å². The van der Waals surface area contributed by atoms with Crippen LogP contribution in [0.5, 0.6) is 11.5 Å². The van der Waals surface area contributed by atoms with E-state index in [1.807, 2.05) is 12.2 Å². The number of benzene rings is 2. The second-order valence-corrected chi connectivity index (χ2v) is 9.40. The van der Waals surface area contributed by atoms with Crippen molar-refractivity contribution in [2.45, 2.75) is 19.4 Å². The molecular formula is C29H21ClN2O7. The highest BCUT2D eigenvalue weighted by molar-refractivity contribution is 6.30. The van der Waals surface area contributed by atoms with Crippen molar-refractivity contribution in [1.29, 1.82) is 0 Å². The zero-order chi connectivity index (χ0) is 26.9. The molecule has 3 heterocycles. The van der Waals surface area contributed by atoms with Gasteiger partial charge in [-0.1, -0.05) is 29.8 Å². The number of ether oxygens (including phenoxy) is 4. The van der Waals surface area contributed by atoms with Crippen molar-refractivity contribution >= 4 is 34.2 Å². The molecule has 0 bridgehead atoms. The molecule has 2 aromatic carbocycles. The first kappa shape index (κ1) is 24.6. The van der Waals surface area contributed by atoms with Crippen molar-refractivity contribution < 1.29 is 28.5 Å². The predicted molar refractivity (Wildman–Crippen MR) is 142 cm³/mol. The van der Waals surface area contributed by atoms with Crippen LogP contribution in [0.4, 0.5) is 0 Å². The summed E-state index contributed by atoms with van der Waals surface area (Å²) in [6.45, 7) is -0.229. The maximum absolute atomic E-state index is 13.4. The molecule has 0 spiro atoms. The topological polar surface area (TPSA) is 105 Å². The standard InChI is InChI=1S/C29H21ClN2O7/c30-19-8-6-18(7-9-19)28(34)21-12-32(22-11-24-23(37-16-38-24)10-20(22)29(21)35)13-26(33)31-27-15-36-14-25(39-27)17-4-2-1-3-5-17/h1-2,4,6-12,14-15H,3,5,13,16H2,(H,31,33). The van der Waals surface area contributed by atoms with Gasteiger partial charge in [-0.2, -0.15) is 0 Å². The Morgan fingerprint density at radius 3 is 2.62 bits per heavy atom. The van der Waals surface area contributed by atoms with Crippen molar-refractivity contribution in [3.8, 4) is 11.5 Å². The number of ketones is 1. The lowest BCUT2D eigenvalue weighted by atomic mass is 10.0. The van der Waals surface area contributed by atoms with Crippen molar-refractivity contribution in [3.05, 3.63) is 117 Å².